The van der Waals surface area contributed by atoms with Crippen molar-refractivity contribution in [1.82, 2.24) is 3.71 Å². The Morgan fingerprint density at radius 2 is 1.71 bits per heavy atom. The minimum absolute atomic E-state index is 0. The van der Waals surface area contributed by atoms with E-state index in [4.69, 9.17) is 0 Å². The molecule has 0 aliphatic rings. The van der Waals surface area contributed by atoms with Gasteiger partial charge in [-0.1, -0.05) is 25.6 Å². The molecule has 0 aromatic carbocycles. The van der Waals surface area contributed by atoms with Gasteiger partial charge >= 0.3 is 51.4 Å². The summed E-state index contributed by atoms with van der Waals surface area (Å²) in [5.74, 6) is 0. The van der Waals surface area contributed by atoms with Crippen LogP contribution in [0.2, 0.25) is 0 Å². The first-order valence-electron chi connectivity index (χ1n) is 1.03. The van der Waals surface area contributed by atoms with Crippen LogP contribution in [0.3, 0.4) is 0 Å². The summed E-state index contributed by atoms with van der Waals surface area (Å²) >= 11 is 6.46. The maximum atomic E-state index is 9.36. The van der Waals surface area contributed by atoms with E-state index in [1.54, 1.807) is 0 Å². The number of rotatable bonds is 0. The SMILES string of the molecule is O=C([O-])N(S)S.[K+]. The van der Waals surface area contributed by atoms with Gasteiger partial charge in [0.1, 0.15) is 0 Å². The number of amides is 1. The van der Waals surface area contributed by atoms with Gasteiger partial charge in [0.05, 0.1) is 0 Å². The third kappa shape index (κ3) is 7.61. The molecule has 36 valence electrons. The molecular formula is CH2KNO2S2. The third-order valence-electron chi connectivity index (χ3n) is 0.163. The van der Waals surface area contributed by atoms with Crippen LogP contribution in [0, 0.1) is 0 Å². The molecule has 7 heavy (non-hydrogen) atoms. The zero-order chi connectivity index (χ0) is 5.15. The minimum Gasteiger partial charge on any atom is -0.529 e. The van der Waals surface area contributed by atoms with Gasteiger partial charge in [0.25, 0.3) is 0 Å². The summed E-state index contributed by atoms with van der Waals surface area (Å²) in [5, 5.41) is 9.36. The van der Waals surface area contributed by atoms with Crippen LogP contribution in [0.5, 0.6) is 0 Å². The van der Waals surface area contributed by atoms with Crippen LogP contribution in [0.1, 0.15) is 0 Å². The molecule has 0 bridgehead atoms. The van der Waals surface area contributed by atoms with E-state index in [2.05, 4.69) is 25.6 Å². The average molecular weight is 163 g/mol. The summed E-state index contributed by atoms with van der Waals surface area (Å²) in [6.07, 6.45) is -1.43. The summed E-state index contributed by atoms with van der Waals surface area (Å²) in [4.78, 5) is 9.36. The van der Waals surface area contributed by atoms with Crippen molar-refractivity contribution < 1.29 is 61.3 Å². The Kier molecular flexibility index (Phi) is 9.35. The summed E-state index contributed by atoms with van der Waals surface area (Å²) in [6.45, 7) is 0. The molecule has 6 heteroatoms. The molecule has 0 aromatic rings. The Labute approximate surface area is 95.0 Å². The smallest absolute Gasteiger partial charge is 0.529 e. The predicted octanol–water partition coefficient (Wildman–Crippen LogP) is -3.67. The molecule has 0 atom stereocenters. The first-order chi connectivity index (χ1) is 2.64. The number of carbonyl (C=O) groups is 1. The molecule has 0 heterocycles. The van der Waals surface area contributed by atoms with E-state index in [0.29, 0.717) is 3.71 Å². The molecular weight excluding hydrogens is 161 g/mol. The Morgan fingerprint density at radius 1 is 1.57 bits per heavy atom. The molecule has 0 aliphatic heterocycles. The van der Waals surface area contributed by atoms with Gasteiger partial charge in [-0.3, -0.25) is 0 Å². The molecule has 0 unspecified atom stereocenters. The fourth-order valence-corrected chi connectivity index (χ4v) is 0. The number of hydrogen-bond acceptors (Lipinski definition) is 4. The van der Waals surface area contributed by atoms with E-state index in [9.17, 15) is 9.90 Å². The first-order valence-corrected chi connectivity index (χ1v) is 1.83. The van der Waals surface area contributed by atoms with Crippen LogP contribution in [-0.4, -0.2) is 9.80 Å². The largest absolute Gasteiger partial charge is 1.00 e. The zero-order valence-electron chi connectivity index (χ0n) is 3.66. The average Bonchev–Trinajstić information content (AvgIpc) is 1.36. The summed E-state index contributed by atoms with van der Waals surface area (Å²) in [6, 6.07) is 0. The summed E-state index contributed by atoms with van der Waals surface area (Å²) < 4.78 is 0.361. The number of nitrogens with zero attached hydrogens (tertiary/aromatic N) is 1. The van der Waals surface area contributed by atoms with Crippen LogP contribution in [0.15, 0.2) is 0 Å². The zero-order valence-corrected chi connectivity index (χ0v) is 8.57. The van der Waals surface area contributed by atoms with Gasteiger partial charge < -0.3 is 9.90 Å². The number of thiol groups is 2. The molecule has 0 saturated carbocycles. The fraction of sp³-hybridized carbons (Fsp3) is 0. The number of carboxylic acid groups (broad SMARTS) is 1. The van der Waals surface area contributed by atoms with Crippen molar-refractivity contribution >= 4 is 31.7 Å². The monoisotopic (exact) mass is 163 g/mol. The van der Waals surface area contributed by atoms with Crippen LogP contribution < -0.4 is 56.5 Å². The van der Waals surface area contributed by atoms with Gasteiger partial charge in [0, 0.05) is 0 Å². The van der Waals surface area contributed by atoms with Crippen molar-refractivity contribution in [3.63, 3.8) is 0 Å². The van der Waals surface area contributed by atoms with E-state index < -0.39 is 6.09 Å². The van der Waals surface area contributed by atoms with Gasteiger partial charge in [-0.15, -0.1) is 0 Å². The van der Waals surface area contributed by atoms with Gasteiger partial charge in [0.15, 0.2) is 6.09 Å². The summed E-state index contributed by atoms with van der Waals surface area (Å²) in [5.41, 5.74) is 0. The quantitative estimate of drug-likeness (QED) is 0.285. The molecule has 0 fully saturated rings. The molecule has 0 aliphatic carbocycles. The molecule has 3 nitrogen and oxygen atoms in total. The second kappa shape index (κ2) is 5.74. The van der Waals surface area contributed by atoms with Crippen molar-refractivity contribution in [2.45, 2.75) is 0 Å². The summed E-state index contributed by atoms with van der Waals surface area (Å²) in [7, 11) is 0. The van der Waals surface area contributed by atoms with Gasteiger partial charge in [-0.05, 0) is 0 Å². The number of hydrogen-bond donors (Lipinski definition) is 2. The second-order valence-corrected chi connectivity index (χ2v) is 1.67. The second-order valence-electron chi connectivity index (χ2n) is 0.555. The molecule has 0 aromatic heterocycles. The van der Waals surface area contributed by atoms with E-state index in [0.717, 1.165) is 0 Å². The van der Waals surface area contributed by atoms with Crippen LogP contribution >= 0.6 is 25.6 Å². The Bertz CT molecular complexity index is 66.7. The number of carbonyl (C=O) groups excluding carboxylic acids is 1. The fourth-order valence-electron chi connectivity index (χ4n) is 0. The van der Waals surface area contributed by atoms with Crippen molar-refractivity contribution in [3.8, 4) is 0 Å². The van der Waals surface area contributed by atoms with Crippen LogP contribution in [-0.2, 0) is 0 Å². The van der Waals surface area contributed by atoms with E-state index >= 15 is 0 Å². The van der Waals surface area contributed by atoms with E-state index in [1.165, 1.54) is 0 Å². The van der Waals surface area contributed by atoms with Crippen molar-refractivity contribution in [2.24, 2.45) is 0 Å². The first kappa shape index (κ1) is 11.4. The Hall–Kier alpha value is 1.61. The van der Waals surface area contributed by atoms with Crippen molar-refractivity contribution in [3.05, 3.63) is 0 Å². The topological polar surface area (TPSA) is 43.4 Å². The molecule has 0 radical (unpaired) electrons. The maximum absolute atomic E-state index is 9.36. The normalized spacial score (nSPS) is 6.57. The third-order valence-corrected chi connectivity index (χ3v) is 0.490. The maximum Gasteiger partial charge on any atom is 1.00 e. The molecule has 0 spiro atoms. The van der Waals surface area contributed by atoms with Crippen molar-refractivity contribution in [1.29, 1.82) is 0 Å². The molecule has 0 rings (SSSR count). The van der Waals surface area contributed by atoms with Crippen LogP contribution in [0.25, 0.3) is 0 Å². The molecule has 0 N–H and O–H groups in total. The standard InChI is InChI=1S/CH3NO2S2.K/c3-1(4)2(5)6;/h5-6H,(H,3,4);/q;+1/p-1. The van der Waals surface area contributed by atoms with Gasteiger partial charge in [-0.2, -0.15) is 0 Å². The van der Waals surface area contributed by atoms with Gasteiger partial charge in [-0.25, -0.2) is 3.71 Å². The minimum atomic E-state index is -1.43. The van der Waals surface area contributed by atoms with Crippen molar-refractivity contribution in [2.75, 3.05) is 0 Å². The Balaban J connectivity index is 0. The van der Waals surface area contributed by atoms with Gasteiger partial charge in [0.2, 0.25) is 0 Å². The molecule has 0 saturated heterocycles. The predicted molar refractivity (Wildman–Crippen MR) is 25.2 cm³/mol. The van der Waals surface area contributed by atoms with E-state index in [1.807, 2.05) is 0 Å². The Morgan fingerprint density at radius 3 is 1.71 bits per heavy atom. The van der Waals surface area contributed by atoms with E-state index in [-0.39, 0.29) is 51.4 Å². The molecule has 1 amide bonds. The van der Waals surface area contributed by atoms with Crippen LogP contribution in [0.4, 0.5) is 4.79 Å².